The largest absolute Gasteiger partial charge is 0.361 e. The summed E-state index contributed by atoms with van der Waals surface area (Å²) in [6.07, 6.45) is -0.143. The Balaban J connectivity index is 3.51. The van der Waals surface area contributed by atoms with Crippen LogP contribution in [0.4, 0.5) is 0 Å². The van der Waals surface area contributed by atoms with E-state index < -0.39 is 20.4 Å². The van der Waals surface area contributed by atoms with Crippen molar-refractivity contribution in [2.24, 2.45) is 31.0 Å². The summed E-state index contributed by atoms with van der Waals surface area (Å²) in [6, 6.07) is 0. The highest BCUT2D eigenvalue weighted by Crippen LogP contribution is 2.91. The number of rotatable bonds is 4. The SMILES string of the molecule is [N-]=[N+]=NC1(N=[N+]=[N-])C[P+](N)(N)P[P+](N=[N+]=[N-])(N=[N+]=[N-])N1. The third-order valence-electron chi connectivity index (χ3n) is 1.90. The van der Waals surface area contributed by atoms with Crippen LogP contribution in [0.25, 0.3) is 41.8 Å². The molecule has 1 rings (SSSR count). The first kappa shape index (κ1) is 16.5. The van der Waals surface area contributed by atoms with Gasteiger partial charge in [-0.1, -0.05) is 10.2 Å². The van der Waals surface area contributed by atoms with E-state index in [1.54, 1.807) is 0 Å². The first-order valence-electron chi connectivity index (χ1n) is 4.55. The molecule has 0 saturated carbocycles. The molecule has 0 bridgehead atoms. The normalized spacial score (nSPS) is 31.9. The van der Waals surface area contributed by atoms with E-state index in [4.69, 9.17) is 33.1 Å². The maximum absolute atomic E-state index is 8.60. The zero-order valence-electron chi connectivity index (χ0n) is 9.62. The molecule has 0 aliphatic carbocycles. The van der Waals surface area contributed by atoms with Crippen molar-refractivity contribution in [3.8, 4) is 0 Å². The standard InChI is InChI=1S/C2H8N15P3/c3-12-9-2(10-13-4)1-19(7,8)18-20(11-2,16-14-5)17-15-6/h11,18H,1,7-8H2/q+2. The van der Waals surface area contributed by atoms with E-state index in [9.17, 15) is 0 Å². The van der Waals surface area contributed by atoms with Crippen LogP contribution in [0.15, 0.2) is 20.0 Å². The molecule has 0 amide bonds. The van der Waals surface area contributed by atoms with Gasteiger partial charge in [0, 0.05) is 19.6 Å². The van der Waals surface area contributed by atoms with Crippen LogP contribution in [-0.2, 0) is 0 Å². The van der Waals surface area contributed by atoms with Crippen molar-refractivity contribution in [1.29, 1.82) is 0 Å². The lowest BCUT2D eigenvalue weighted by Crippen LogP contribution is -2.47. The Kier molecular flexibility index (Phi) is 5.14. The molecular formula is C2H8N15P3+2. The fraction of sp³-hybridized carbons (Fsp3) is 1.00. The van der Waals surface area contributed by atoms with Crippen molar-refractivity contribution in [2.75, 3.05) is 6.16 Å². The van der Waals surface area contributed by atoms with E-state index in [-0.39, 0.29) is 14.1 Å². The lowest BCUT2D eigenvalue weighted by Gasteiger charge is -2.33. The molecule has 15 nitrogen and oxygen atoms in total. The minimum atomic E-state index is -3.23. The highest BCUT2D eigenvalue weighted by molar-refractivity contribution is 8.61. The lowest BCUT2D eigenvalue weighted by molar-refractivity contribution is 0.467. The number of nitrogens with zero attached hydrogens (tertiary/aromatic N) is 12. The topological polar surface area (TPSA) is 259 Å². The van der Waals surface area contributed by atoms with Crippen molar-refractivity contribution in [3.05, 3.63) is 41.8 Å². The van der Waals surface area contributed by atoms with Crippen LogP contribution in [0.2, 0.25) is 0 Å². The van der Waals surface area contributed by atoms with Crippen LogP contribution in [0.3, 0.4) is 0 Å². The van der Waals surface area contributed by atoms with Gasteiger partial charge in [0.15, 0.2) is 0 Å². The first-order valence-corrected chi connectivity index (χ1v) is 11.0. The minimum absolute atomic E-state index is 0.143. The zero-order valence-corrected chi connectivity index (χ0v) is 12.4. The van der Waals surface area contributed by atoms with Gasteiger partial charge in [-0.2, -0.15) is 11.0 Å². The average molecular weight is 335 g/mol. The lowest BCUT2D eigenvalue weighted by atomic mass is 10.5. The molecule has 1 saturated heterocycles. The van der Waals surface area contributed by atoms with Gasteiger partial charge in [-0.05, 0) is 22.1 Å². The third-order valence-corrected chi connectivity index (χ3v) is 14.0. The molecule has 20 heavy (non-hydrogen) atoms. The van der Waals surface area contributed by atoms with E-state index in [1.165, 1.54) is 0 Å². The third kappa shape index (κ3) is 3.71. The Morgan fingerprint density at radius 2 is 1.50 bits per heavy atom. The quantitative estimate of drug-likeness (QED) is 0.301. The van der Waals surface area contributed by atoms with Crippen molar-refractivity contribution in [1.82, 2.24) is 5.09 Å². The highest BCUT2D eigenvalue weighted by atomic mass is 32.5. The van der Waals surface area contributed by atoms with Gasteiger partial charge in [-0.15, -0.1) is 5.09 Å². The van der Waals surface area contributed by atoms with Gasteiger partial charge in [0.25, 0.3) is 7.96 Å². The fourth-order valence-electron chi connectivity index (χ4n) is 1.46. The van der Waals surface area contributed by atoms with Gasteiger partial charge in [-0.3, -0.25) is 0 Å². The van der Waals surface area contributed by atoms with Gasteiger partial charge in [-0.25, -0.2) is 0 Å². The molecule has 104 valence electrons. The van der Waals surface area contributed by atoms with E-state index in [0.717, 1.165) is 0 Å². The molecule has 0 spiro atoms. The summed E-state index contributed by atoms with van der Waals surface area (Å²) >= 11 is 0. The van der Waals surface area contributed by atoms with Crippen LogP contribution in [0.1, 0.15) is 0 Å². The van der Waals surface area contributed by atoms with Crippen molar-refractivity contribution < 1.29 is 0 Å². The molecule has 1 aliphatic rings. The Morgan fingerprint density at radius 1 is 1.00 bits per heavy atom. The summed E-state index contributed by atoms with van der Waals surface area (Å²) in [7, 11) is -6.33. The van der Waals surface area contributed by atoms with Crippen molar-refractivity contribution >= 4 is 22.6 Å². The molecule has 1 unspecified atom stereocenters. The van der Waals surface area contributed by atoms with E-state index in [1.807, 2.05) is 0 Å². The summed E-state index contributed by atoms with van der Waals surface area (Å²) < 4.78 is 0. The maximum atomic E-state index is 8.60. The molecular weight excluding hydrogens is 327 g/mol. The molecule has 0 radical (unpaired) electrons. The van der Waals surface area contributed by atoms with Crippen LogP contribution in [0, 0.1) is 0 Å². The molecule has 1 aliphatic heterocycles. The molecule has 0 aromatic heterocycles. The summed E-state index contributed by atoms with van der Waals surface area (Å²) in [5.41, 5.74) is 46.2. The van der Waals surface area contributed by atoms with Crippen LogP contribution in [-0.4, -0.2) is 11.9 Å². The molecule has 0 aromatic carbocycles. The van der Waals surface area contributed by atoms with E-state index >= 15 is 0 Å². The van der Waals surface area contributed by atoms with Gasteiger partial charge in [0.1, 0.15) is 6.16 Å². The van der Waals surface area contributed by atoms with E-state index in [2.05, 4.69) is 44.7 Å². The smallest absolute Gasteiger partial charge is 0.184 e. The van der Waals surface area contributed by atoms with Crippen LogP contribution < -0.4 is 16.1 Å². The Labute approximate surface area is 113 Å². The molecule has 1 fully saturated rings. The molecule has 5 N–H and O–H groups in total. The summed E-state index contributed by atoms with van der Waals surface area (Å²) in [4.78, 5) is 17.2. The number of nitrogens with one attached hydrogen (secondary N) is 1. The van der Waals surface area contributed by atoms with Crippen molar-refractivity contribution in [2.45, 2.75) is 5.79 Å². The second-order valence-corrected chi connectivity index (χ2v) is 14.4. The number of nitrogens with two attached hydrogens (primary N) is 2. The molecule has 18 heteroatoms. The highest BCUT2D eigenvalue weighted by Gasteiger charge is 2.65. The van der Waals surface area contributed by atoms with Crippen LogP contribution >= 0.6 is 22.6 Å². The molecule has 1 heterocycles. The van der Waals surface area contributed by atoms with Gasteiger partial charge in [0.2, 0.25) is 13.0 Å². The number of hydrogen-bond donors (Lipinski definition) is 3. The van der Waals surface area contributed by atoms with Gasteiger partial charge >= 0.3 is 7.40 Å². The first-order chi connectivity index (χ1) is 9.36. The molecule has 1 atom stereocenters. The Bertz CT molecular complexity index is 494. The second kappa shape index (κ2) is 6.24. The minimum Gasteiger partial charge on any atom is -0.184 e. The summed E-state index contributed by atoms with van der Waals surface area (Å²) in [5, 5.41) is 9.23. The summed E-state index contributed by atoms with van der Waals surface area (Å²) in [6.45, 7) is 0. The number of azide groups is 2. The maximum Gasteiger partial charge on any atom is 0.361 e. The van der Waals surface area contributed by atoms with Crippen LogP contribution in [0.5, 0.6) is 0 Å². The van der Waals surface area contributed by atoms with E-state index in [0.29, 0.717) is 0 Å². The predicted octanol–water partition coefficient (Wildman–Crippen LogP) is 3.52. The zero-order chi connectivity index (χ0) is 15.3. The fourth-order valence-corrected chi connectivity index (χ4v) is 14.3. The van der Waals surface area contributed by atoms with Gasteiger partial charge in [0.05, 0.1) is 9.77 Å². The van der Waals surface area contributed by atoms with Gasteiger partial charge < -0.3 is 0 Å². The summed E-state index contributed by atoms with van der Waals surface area (Å²) in [5.74, 6) is -1.86. The average Bonchev–Trinajstić information content (AvgIpc) is 2.27. The molecule has 0 aromatic rings. The van der Waals surface area contributed by atoms with Crippen molar-refractivity contribution in [3.63, 3.8) is 0 Å². The Hall–Kier alpha value is -1.59. The Morgan fingerprint density at radius 3 is 1.90 bits per heavy atom. The second-order valence-electron chi connectivity index (χ2n) is 3.45. The predicted molar refractivity (Wildman–Crippen MR) is 77.8 cm³/mol. The monoisotopic (exact) mass is 335 g/mol. The number of hydrogen-bond acceptors (Lipinski definition) is 7.